The summed E-state index contributed by atoms with van der Waals surface area (Å²) in [6.07, 6.45) is 6.90. The molecule has 0 aromatic heterocycles. The molecule has 3 aliphatic heterocycles. The molecular weight excluding hydrogens is 556 g/mol. The number of nitrogens with zero attached hydrogens (tertiary/aromatic N) is 1. The van der Waals surface area contributed by atoms with Crippen LogP contribution in [0.3, 0.4) is 0 Å². The van der Waals surface area contributed by atoms with Gasteiger partial charge < -0.3 is 24.6 Å². The lowest BCUT2D eigenvalue weighted by molar-refractivity contribution is -0.155. The van der Waals surface area contributed by atoms with Gasteiger partial charge in [0.25, 0.3) is 5.91 Å². The summed E-state index contributed by atoms with van der Waals surface area (Å²) in [5.41, 5.74) is 3.56. The number of carbonyl (C=O) groups is 2. The van der Waals surface area contributed by atoms with E-state index < -0.39 is 17.1 Å². The lowest BCUT2D eigenvalue weighted by atomic mass is 9.50. The number of hydrogen-bond acceptors (Lipinski definition) is 7. The highest BCUT2D eigenvalue weighted by molar-refractivity contribution is 6.02. The van der Waals surface area contributed by atoms with E-state index in [-0.39, 0.29) is 24.5 Å². The molecule has 6 aliphatic rings. The van der Waals surface area contributed by atoms with Crippen molar-refractivity contribution in [2.75, 3.05) is 26.4 Å². The summed E-state index contributed by atoms with van der Waals surface area (Å²) in [5, 5.41) is 15.5. The third-order valence-corrected chi connectivity index (χ3v) is 10.8. The Hall–Kier alpha value is -4.14. The molecule has 224 valence electrons. The lowest BCUT2D eigenvalue weighted by Gasteiger charge is -2.60. The Morgan fingerprint density at radius 1 is 1.02 bits per heavy atom. The molecule has 3 heterocycles. The molecule has 8 heteroatoms. The molecule has 3 aromatic carbocycles. The highest BCUT2D eigenvalue weighted by atomic mass is 16.7. The average Bonchev–Trinajstić information content (AvgIpc) is 3.59. The molecule has 8 nitrogen and oxygen atoms in total. The molecule has 9 rings (SSSR count). The van der Waals surface area contributed by atoms with Gasteiger partial charge >= 0.3 is 0 Å². The number of fused-ring (bicyclic) bond motifs is 1. The lowest BCUT2D eigenvalue weighted by Crippen LogP contribution is -2.75. The van der Waals surface area contributed by atoms with Gasteiger partial charge in [0.15, 0.2) is 23.4 Å². The number of nitrogens with one attached hydrogen (secondary N) is 1. The van der Waals surface area contributed by atoms with E-state index in [9.17, 15) is 14.7 Å². The van der Waals surface area contributed by atoms with Crippen LogP contribution < -0.4 is 19.5 Å². The van der Waals surface area contributed by atoms with Gasteiger partial charge in [0.05, 0.1) is 11.0 Å². The number of aliphatic hydroxyl groups is 1. The number of likely N-dealkylation sites (tertiary alicyclic amines) is 1. The summed E-state index contributed by atoms with van der Waals surface area (Å²) in [6.45, 7) is 2.50. The molecule has 1 saturated carbocycles. The summed E-state index contributed by atoms with van der Waals surface area (Å²) >= 11 is 0. The van der Waals surface area contributed by atoms with Crippen molar-refractivity contribution in [2.24, 2.45) is 5.92 Å². The van der Waals surface area contributed by atoms with E-state index in [1.54, 1.807) is 6.08 Å². The van der Waals surface area contributed by atoms with Crippen molar-refractivity contribution in [3.05, 3.63) is 89.0 Å². The van der Waals surface area contributed by atoms with Crippen LogP contribution in [0.25, 0.3) is 11.1 Å². The summed E-state index contributed by atoms with van der Waals surface area (Å²) < 4.78 is 17.4. The van der Waals surface area contributed by atoms with Crippen molar-refractivity contribution in [1.82, 2.24) is 10.2 Å². The largest absolute Gasteiger partial charge is 0.480 e. The Bertz CT molecular complexity index is 1750. The van der Waals surface area contributed by atoms with Crippen LogP contribution in [0.5, 0.6) is 17.2 Å². The van der Waals surface area contributed by atoms with Gasteiger partial charge in [0, 0.05) is 24.7 Å². The SMILES string of the molecule is O=C(NCCc1ccc(-c2ccc3c(c2)OCO3)cc1)c1ccc2c3c1O[C@H]1C(=O)C=C[C@@]4(O)C(C2)N(CC2CC2)CCC314. The van der Waals surface area contributed by atoms with Crippen LogP contribution >= 0.6 is 0 Å². The second-order valence-electron chi connectivity index (χ2n) is 13.2. The zero-order chi connectivity index (χ0) is 29.6. The molecule has 4 atom stereocenters. The van der Waals surface area contributed by atoms with Crippen LogP contribution in [0, 0.1) is 5.92 Å². The second kappa shape index (κ2) is 9.43. The minimum atomic E-state index is -1.21. The Kier molecular flexibility index (Phi) is 5.63. The molecule has 2 fully saturated rings. The van der Waals surface area contributed by atoms with Crippen LogP contribution in [0.1, 0.15) is 46.3 Å². The minimum absolute atomic E-state index is 0.109. The van der Waals surface area contributed by atoms with Crippen molar-refractivity contribution in [1.29, 1.82) is 0 Å². The fraction of sp³-hybridized carbons (Fsp3) is 0.389. The highest BCUT2D eigenvalue weighted by Gasteiger charge is 2.72. The number of piperidine rings is 1. The standard InChI is InChI=1S/C36H34N2O6/c39-27-11-13-36(41)30-18-25-7-9-26(32-31(25)35(36,33(27)44-32)14-16-38(30)19-22-1-2-22)34(40)37-15-12-21-3-5-23(6-4-21)24-8-10-28-29(17-24)43-20-42-28/h3-11,13,17,22,30,33,41H,1-2,12,14-16,18-20H2,(H,37,40)/t30?,33-,35?,36+/m0/s1. The first-order valence-corrected chi connectivity index (χ1v) is 15.7. The second-order valence-corrected chi connectivity index (χ2v) is 13.2. The van der Waals surface area contributed by atoms with Crippen molar-refractivity contribution < 1.29 is 28.9 Å². The number of ketones is 1. The first-order chi connectivity index (χ1) is 21.4. The van der Waals surface area contributed by atoms with Gasteiger partial charge in [-0.05, 0) is 97.2 Å². The number of amides is 1. The van der Waals surface area contributed by atoms with Crippen LogP contribution in [0.4, 0.5) is 0 Å². The van der Waals surface area contributed by atoms with E-state index in [0.29, 0.717) is 43.0 Å². The van der Waals surface area contributed by atoms with E-state index in [4.69, 9.17) is 14.2 Å². The summed E-state index contributed by atoms with van der Waals surface area (Å²) in [5.74, 6) is 2.33. The normalized spacial score (nSPS) is 28.9. The molecular formula is C36H34N2O6. The summed E-state index contributed by atoms with van der Waals surface area (Å²) in [7, 11) is 0. The Balaban J connectivity index is 0.942. The summed E-state index contributed by atoms with van der Waals surface area (Å²) in [6, 6.07) is 18.0. The first-order valence-electron chi connectivity index (χ1n) is 15.7. The van der Waals surface area contributed by atoms with Crippen LogP contribution in [0.2, 0.25) is 0 Å². The molecule has 1 saturated heterocycles. The number of benzene rings is 3. The monoisotopic (exact) mass is 590 g/mol. The zero-order valence-electron chi connectivity index (χ0n) is 24.4. The molecule has 2 bridgehead atoms. The maximum atomic E-state index is 13.6. The number of rotatable bonds is 7. The highest BCUT2D eigenvalue weighted by Crippen LogP contribution is 2.62. The first kappa shape index (κ1) is 26.3. The molecule has 2 unspecified atom stereocenters. The Labute approximate surface area is 255 Å². The molecule has 3 aliphatic carbocycles. The van der Waals surface area contributed by atoms with E-state index in [1.165, 1.54) is 18.9 Å². The molecule has 3 aromatic rings. The Morgan fingerprint density at radius 2 is 1.84 bits per heavy atom. The quantitative estimate of drug-likeness (QED) is 0.430. The van der Waals surface area contributed by atoms with E-state index in [1.807, 2.05) is 30.3 Å². The van der Waals surface area contributed by atoms with Crippen LogP contribution in [-0.4, -0.2) is 65.9 Å². The van der Waals surface area contributed by atoms with Gasteiger partial charge in [-0.15, -0.1) is 0 Å². The van der Waals surface area contributed by atoms with E-state index >= 15 is 0 Å². The fourth-order valence-electron chi connectivity index (χ4n) is 8.41. The van der Waals surface area contributed by atoms with Gasteiger partial charge in [0.2, 0.25) is 6.79 Å². The Morgan fingerprint density at radius 3 is 2.68 bits per heavy atom. The third-order valence-electron chi connectivity index (χ3n) is 10.8. The van der Waals surface area contributed by atoms with Gasteiger partial charge in [-0.25, -0.2) is 0 Å². The van der Waals surface area contributed by atoms with Crippen LogP contribution in [0.15, 0.2) is 66.7 Å². The predicted octanol–water partition coefficient (Wildman–Crippen LogP) is 3.96. The average molecular weight is 591 g/mol. The maximum Gasteiger partial charge on any atom is 0.255 e. The predicted molar refractivity (Wildman–Crippen MR) is 162 cm³/mol. The van der Waals surface area contributed by atoms with Gasteiger partial charge in [-0.1, -0.05) is 36.4 Å². The van der Waals surface area contributed by atoms with Crippen molar-refractivity contribution in [3.8, 4) is 28.4 Å². The van der Waals surface area contributed by atoms with Gasteiger partial charge in [-0.2, -0.15) is 0 Å². The third kappa shape index (κ3) is 3.70. The fourth-order valence-corrected chi connectivity index (χ4v) is 8.41. The van der Waals surface area contributed by atoms with Gasteiger partial charge in [-0.3, -0.25) is 14.5 Å². The van der Waals surface area contributed by atoms with Crippen LogP contribution in [-0.2, 0) is 23.1 Å². The summed E-state index contributed by atoms with van der Waals surface area (Å²) in [4.78, 5) is 29.3. The maximum absolute atomic E-state index is 13.6. The minimum Gasteiger partial charge on any atom is -0.480 e. The number of ether oxygens (including phenoxy) is 3. The van der Waals surface area contributed by atoms with E-state index in [2.05, 4.69) is 34.5 Å². The molecule has 44 heavy (non-hydrogen) atoms. The molecule has 2 N–H and O–H groups in total. The topological polar surface area (TPSA) is 97.3 Å². The smallest absolute Gasteiger partial charge is 0.255 e. The van der Waals surface area contributed by atoms with Crippen molar-refractivity contribution >= 4 is 11.7 Å². The molecule has 1 spiro atoms. The molecule has 0 radical (unpaired) electrons. The van der Waals surface area contributed by atoms with E-state index in [0.717, 1.165) is 52.4 Å². The van der Waals surface area contributed by atoms with Crippen molar-refractivity contribution in [2.45, 2.75) is 55.3 Å². The number of carbonyl (C=O) groups excluding carboxylic acids is 2. The van der Waals surface area contributed by atoms with Gasteiger partial charge in [0.1, 0.15) is 11.4 Å². The zero-order valence-corrected chi connectivity index (χ0v) is 24.4. The number of hydrogen-bond donors (Lipinski definition) is 2. The van der Waals surface area contributed by atoms with Crippen molar-refractivity contribution in [3.63, 3.8) is 0 Å². The molecule has 1 amide bonds.